The number of hydrogen-bond donors (Lipinski definition) is 5. The molecule has 7 N–H and O–H groups in total. The number of amides is 2. The number of carboxylic acids is 2. The average Bonchev–Trinajstić information content (AvgIpc) is 2.23. The molecule has 2 atom stereocenters. The summed E-state index contributed by atoms with van der Waals surface area (Å²) in [6.07, 6.45) is -0.924. The molecule has 2 unspecified atom stereocenters. The largest absolute Gasteiger partial charge is 0.480 e. The highest BCUT2D eigenvalue weighted by molar-refractivity contribution is 5.88. The van der Waals surface area contributed by atoms with Gasteiger partial charge in [0.1, 0.15) is 12.1 Å². The molecule has 0 saturated heterocycles. The standard InChI is InChI=1S/C9H15N3O6/c10-4(8(15)16)1-2-7(14)12-5(9(17)18)3-6(11)13/h4-5H,1-3,10H2,(H2,11,13)(H,12,14)(H,15,16)(H,17,18). The Morgan fingerprint density at radius 3 is 2.06 bits per heavy atom. The molecule has 0 saturated carbocycles. The van der Waals surface area contributed by atoms with Gasteiger partial charge in [0.2, 0.25) is 11.8 Å². The number of rotatable bonds is 8. The molecule has 0 bridgehead atoms. The zero-order valence-corrected chi connectivity index (χ0v) is 9.46. The summed E-state index contributed by atoms with van der Waals surface area (Å²) in [5.41, 5.74) is 9.98. The minimum atomic E-state index is -1.42. The average molecular weight is 261 g/mol. The molecule has 18 heavy (non-hydrogen) atoms. The number of nitrogens with one attached hydrogen (secondary N) is 1. The molecule has 102 valence electrons. The Kier molecular flexibility index (Phi) is 6.35. The Hall–Kier alpha value is -2.16. The van der Waals surface area contributed by atoms with Crippen LogP contribution in [-0.2, 0) is 19.2 Å². The number of primary amides is 1. The normalized spacial score (nSPS) is 13.4. The third kappa shape index (κ3) is 6.43. The zero-order valence-electron chi connectivity index (χ0n) is 9.46. The Balaban J connectivity index is 4.22. The van der Waals surface area contributed by atoms with Gasteiger partial charge in [0.05, 0.1) is 6.42 Å². The second-order valence-electron chi connectivity index (χ2n) is 3.61. The van der Waals surface area contributed by atoms with Gasteiger partial charge in [-0.2, -0.15) is 0 Å². The second kappa shape index (κ2) is 7.22. The molecule has 0 heterocycles. The van der Waals surface area contributed by atoms with Gasteiger partial charge in [-0.15, -0.1) is 0 Å². The Bertz CT molecular complexity index is 356. The summed E-state index contributed by atoms with van der Waals surface area (Å²) in [5, 5.41) is 19.2. The summed E-state index contributed by atoms with van der Waals surface area (Å²) in [7, 11) is 0. The predicted molar refractivity (Wildman–Crippen MR) is 58.2 cm³/mol. The summed E-state index contributed by atoms with van der Waals surface area (Å²) >= 11 is 0. The second-order valence-corrected chi connectivity index (χ2v) is 3.61. The molecule has 0 radical (unpaired) electrons. The first-order chi connectivity index (χ1) is 8.23. The predicted octanol–water partition coefficient (Wildman–Crippen LogP) is -2.38. The Morgan fingerprint density at radius 1 is 1.11 bits per heavy atom. The molecular formula is C9H15N3O6. The highest BCUT2D eigenvalue weighted by Gasteiger charge is 2.22. The van der Waals surface area contributed by atoms with Crippen molar-refractivity contribution in [3.8, 4) is 0 Å². The molecule has 0 aromatic carbocycles. The minimum Gasteiger partial charge on any atom is -0.480 e. The first-order valence-electron chi connectivity index (χ1n) is 5.03. The first kappa shape index (κ1) is 15.8. The van der Waals surface area contributed by atoms with Crippen molar-refractivity contribution < 1.29 is 29.4 Å². The van der Waals surface area contributed by atoms with E-state index in [2.05, 4.69) is 5.32 Å². The highest BCUT2D eigenvalue weighted by atomic mass is 16.4. The van der Waals surface area contributed by atoms with E-state index in [1.54, 1.807) is 0 Å². The van der Waals surface area contributed by atoms with Crippen molar-refractivity contribution >= 4 is 23.8 Å². The van der Waals surface area contributed by atoms with Crippen molar-refractivity contribution in [2.24, 2.45) is 11.5 Å². The van der Waals surface area contributed by atoms with Crippen molar-refractivity contribution in [3.05, 3.63) is 0 Å². The maximum absolute atomic E-state index is 11.3. The lowest BCUT2D eigenvalue weighted by Crippen LogP contribution is -2.43. The van der Waals surface area contributed by atoms with Crippen LogP contribution < -0.4 is 16.8 Å². The molecule has 2 amide bonds. The summed E-state index contributed by atoms with van der Waals surface area (Å²) in [6.45, 7) is 0. The topological polar surface area (TPSA) is 173 Å². The molecule has 0 aromatic heterocycles. The van der Waals surface area contributed by atoms with E-state index in [-0.39, 0.29) is 12.8 Å². The molecule has 0 aliphatic heterocycles. The fraction of sp³-hybridized carbons (Fsp3) is 0.556. The van der Waals surface area contributed by atoms with Crippen LogP contribution in [0.3, 0.4) is 0 Å². The van der Waals surface area contributed by atoms with E-state index < -0.39 is 42.3 Å². The molecule has 0 fully saturated rings. The zero-order chi connectivity index (χ0) is 14.3. The van der Waals surface area contributed by atoms with Crippen molar-refractivity contribution in [1.29, 1.82) is 0 Å². The third-order valence-corrected chi connectivity index (χ3v) is 2.04. The van der Waals surface area contributed by atoms with E-state index >= 15 is 0 Å². The molecular weight excluding hydrogens is 246 g/mol. The molecule has 0 aliphatic carbocycles. The van der Waals surface area contributed by atoms with Crippen molar-refractivity contribution in [2.75, 3.05) is 0 Å². The van der Waals surface area contributed by atoms with Crippen LogP contribution in [0.25, 0.3) is 0 Å². The number of hydrogen-bond acceptors (Lipinski definition) is 5. The van der Waals surface area contributed by atoms with E-state index in [1.807, 2.05) is 0 Å². The van der Waals surface area contributed by atoms with Crippen LogP contribution in [0.4, 0.5) is 0 Å². The number of carbonyl (C=O) groups excluding carboxylic acids is 2. The molecule has 9 heteroatoms. The van der Waals surface area contributed by atoms with E-state index in [0.29, 0.717) is 0 Å². The van der Waals surface area contributed by atoms with Crippen LogP contribution in [0.15, 0.2) is 0 Å². The van der Waals surface area contributed by atoms with E-state index in [9.17, 15) is 19.2 Å². The third-order valence-electron chi connectivity index (χ3n) is 2.04. The molecule has 0 rings (SSSR count). The molecule has 0 aliphatic rings. The lowest BCUT2D eigenvalue weighted by molar-refractivity contribution is -0.143. The lowest BCUT2D eigenvalue weighted by Gasteiger charge is -2.13. The fourth-order valence-electron chi connectivity index (χ4n) is 1.08. The number of carbonyl (C=O) groups is 4. The highest BCUT2D eigenvalue weighted by Crippen LogP contribution is 1.98. The van der Waals surface area contributed by atoms with E-state index in [0.717, 1.165) is 0 Å². The Labute approximate surface area is 102 Å². The van der Waals surface area contributed by atoms with Gasteiger partial charge in [-0.3, -0.25) is 14.4 Å². The van der Waals surface area contributed by atoms with Gasteiger partial charge in [-0.25, -0.2) is 4.79 Å². The van der Waals surface area contributed by atoms with Crippen LogP contribution in [0.5, 0.6) is 0 Å². The molecule has 0 aromatic rings. The minimum absolute atomic E-state index is 0.135. The number of aliphatic carboxylic acids is 2. The van der Waals surface area contributed by atoms with Gasteiger partial charge >= 0.3 is 11.9 Å². The lowest BCUT2D eigenvalue weighted by atomic mass is 10.1. The van der Waals surface area contributed by atoms with Crippen LogP contribution in [0, 0.1) is 0 Å². The number of carboxylic acid groups (broad SMARTS) is 2. The van der Waals surface area contributed by atoms with Gasteiger partial charge in [-0.1, -0.05) is 0 Å². The SMILES string of the molecule is NC(=O)CC(NC(=O)CCC(N)C(=O)O)C(=O)O. The van der Waals surface area contributed by atoms with Gasteiger partial charge in [-0.05, 0) is 6.42 Å². The van der Waals surface area contributed by atoms with Crippen molar-refractivity contribution in [3.63, 3.8) is 0 Å². The smallest absolute Gasteiger partial charge is 0.326 e. The summed E-state index contributed by atoms with van der Waals surface area (Å²) in [5.74, 6) is -4.23. The summed E-state index contributed by atoms with van der Waals surface area (Å²) < 4.78 is 0. The quantitative estimate of drug-likeness (QED) is 0.324. The van der Waals surface area contributed by atoms with Crippen LogP contribution in [0.1, 0.15) is 19.3 Å². The van der Waals surface area contributed by atoms with E-state index in [1.165, 1.54) is 0 Å². The van der Waals surface area contributed by atoms with Gasteiger partial charge in [0, 0.05) is 6.42 Å². The first-order valence-corrected chi connectivity index (χ1v) is 5.03. The number of nitrogens with two attached hydrogens (primary N) is 2. The van der Waals surface area contributed by atoms with Gasteiger partial charge in [0.25, 0.3) is 0 Å². The molecule has 0 spiro atoms. The van der Waals surface area contributed by atoms with E-state index in [4.69, 9.17) is 21.7 Å². The van der Waals surface area contributed by atoms with Crippen molar-refractivity contribution in [1.82, 2.24) is 5.32 Å². The van der Waals surface area contributed by atoms with Crippen LogP contribution in [0.2, 0.25) is 0 Å². The fourth-order valence-corrected chi connectivity index (χ4v) is 1.08. The summed E-state index contributed by atoms with van der Waals surface area (Å²) in [6, 6.07) is -2.62. The molecule has 9 nitrogen and oxygen atoms in total. The van der Waals surface area contributed by atoms with Crippen LogP contribution >= 0.6 is 0 Å². The maximum atomic E-state index is 11.3. The van der Waals surface area contributed by atoms with Crippen molar-refractivity contribution in [2.45, 2.75) is 31.3 Å². The van der Waals surface area contributed by atoms with Crippen LogP contribution in [-0.4, -0.2) is 46.0 Å². The maximum Gasteiger partial charge on any atom is 0.326 e. The van der Waals surface area contributed by atoms with Gasteiger partial charge in [0.15, 0.2) is 0 Å². The summed E-state index contributed by atoms with van der Waals surface area (Å²) in [4.78, 5) is 42.9. The van der Waals surface area contributed by atoms with Gasteiger partial charge < -0.3 is 27.0 Å². The Morgan fingerprint density at radius 2 is 1.67 bits per heavy atom. The monoisotopic (exact) mass is 261 g/mol.